The van der Waals surface area contributed by atoms with Gasteiger partial charge in [-0.15, -0.1) is 0 Å². The third-order valence-electron chi connectivity index (χ3n) is 2.51. The maximum absolute atomic E-state index is 6.07. The minimum absolute atomic E-state index is 0.257. The molecule has 0 aliphatic heterocycles. The molecule has 0 aromatic carbocycles. The van der Waals surface area contributed by atoms with E-state index in [0.717, 1.165) is 17.0 Å². The fourth-order valence-corrected chi connectivity index (χ4v) is 1.45. The summed E-state index contributed by atoms with van der Waals surface area (Å²) < 4.78 is 1.80. The smallest absolute Gasteiger partial charge is 0.0800 e. The molecule has 1 unspecified atom stereocenters. The first kappa shape index (κ1) is 9.79. The molecule has 0 aliphatic carbocycles. The van der Waals surface area contributed by atoms with Crippen LogP contribution in [-0.2, 0) is 7.05 Å². The predicted octanol–water partition coefficient (Wildman–Crippen LogP) is 0.567. The molecule has 2 rings (SSSR count). The molecule has 0 amide bonds. The molecule has 0 saturated heterocycles. The molecule has 78 valence electrons. The lowest BCUT2D eigenvalue weighted by Gasteiger charge is -2.09. The van der Waals surface area contributed by atoms with Crippen LogP contribution in [0.1, 0.15) is 23.0 Å². The van der Waals surface area contributed by atoms with E-state index in [-0.39, 0.29) is 6.04 Å². The van der Waals surface area contributed by atoms with Crippen LogP contribution in [-0.4, -0.2) is 19.7 Å². The van der Waals surface area contributed by atoms with E-state index < -0.39 is 0 Å². The van der Waals surface area contributed by atoms with E-state index in [9.17, 15) is 0 Å². The van der Waals surface area contributed by atoms with Gasteiger partial charge in [-0.05, 0) is 6.92 Å². The summed E-state index contributed by atoms with van der Waals surface area (Å²) in [5.41, 5.74) is 8.87. The first-order valence-corrected chi connectivity index (χ1v) is 4.70. The second-order valence-corrected chi connectivity index (χ2v) is 3.42. The van der Waals surface area contributed by atoms with Crippen molar-refractivity contribution in [3.63, 3.8) is 0 Å². The van der Waals surface area contributed by atoms with E-state index in [4.69, 9.17) is 5.73 Å². The third kappa shape index (κ3) is 1.73. The van der Waals surface area contributed by atoms with E-state index in [0.29, 0.717) is 0 Å². The zero-order chi connectivity index (χ0) is 10.8. The molecule has 2 heterocycles. The first-order chi connectivity index (χ1) is 7.20. The average molecular weight is 203 g/mol. The highest BCUT2D eigenvalue weighted by molar-refractivity contribution is 5.27. The topological polar surface area (TPSA) is 69.6 Å². The van der Waals surface area contributed by atoms with Crippen LogP contribution in [0.5, 0.6) is 0 Å². The number of rotatable bonds is 2. The van der Waals surface area contributed by atoms with Gasteiger partial charge in [0.25, 0.3) is 0 Å². The van der Waals surface area contributed by atoms with Crippen molar-refractivity contribution in [2.24, 2.45) is 12.8 Å². The van der Waals surface area contributed by atoms with Gasteiger partial charge in [-0.1, -0.05) is 0 Å². The van der Waals surface area contributed by atoms with Gasteiger partial charge in [-0.2, -0.15) is 5.10 Å². The van der Waals surface area contributed by atoms with Crippen molar-refractivity contribution in [1.82, 2.24) is 19.7 Å². The molecule has 2 aromatic heterocycles. The summed E-state index contributed by atoms with van der Waals surface area (Å²) in [6.07, 6.45) is 6.72. The van der Waals surface area contributed by atoms with Crippen LogP contribution >= 0.6 is 0 Å². The Morgan fingerprint density at radius 1 is 1.33 bits per heavy atom. The van der Waals surface area contributed by atoms with Crippen molar-refractivity contribution in [3.05, 3.63) is 41.7 Å². The summed E-state index contributed by atoms with van der Waals surface area (Å²) in [6, 6.07) is -0.257. The van der Waals surface area contributed by atoms with Gasteiger partial charge in [-0.25, -0.2) is 0 Å². The largest absolute Gasteiger partial charge is 0.319 e. The predicted molar refractivity (Wildman–Crippen MR) is 56.0 cm³/mol. The van der Waals surface area contributed by atoms with Crippen molar-refractivity contribution in [3.8, 4) is 0 Å². The van der Waals surface area contributed by atoms with Crippen molar-refractivity contribution < 1.29 is 0 Å². The van der Waals surface area contributed by atoms with E-state index in [2.05, 4.69) is 15.1 Å². The number of aryl methyl sites for hydroxylation is 1. The highest BCUT2D eigenvalue weighted by Crippen LogP contribution is 2.19. The van der Waals surface area contributed by atoms with Crippen molar-refractivity contribution in [2.75, 3.05) is 0 Å². The minimum Gasteiger partial charge on any atom is -0.319 e. The summed E-state index contributed by atoms with van der Waals surface area (Å²) in [6.45, 7) is 1.98. The van der Waals surface area contributed by atoms with Gasteiger partial charge >= 0.3 is 0 Å². The van der Waals surface area contributed by atoms with Crippen LogP contribution in [0.15, 0.2) is 24.8 Å². The SMILES string of the molecule is Cc1c(C(N)c2cnccn2)cnn1C. The second-order valence-electron chi connectivity index (χ2n) is 3.42. The standard InChI is InChI=1S/C10H13N5/c1-7-8(5-14-15(7)2)10(11)9-6-12-3-4-13-9/h3-6,10H,11H2,1-2H3. The summed E-state index contributed by atoms with van der Waals surface area (Å²) in [5.74, 6) is 0. The fourth-order valence-electron chi connectivity index (χ4n) is 1.45. The van der Waals surface area contributed by atoms with E-state index in [1.165, 1.54) is 0 Å². The molecule has 2 N–H and O–H groups in total. The van der Waals surface area contributed by atoms with Crippen molar-refractivity contribution in [2.45, 2.75) is 13.0 Å². The average Bonchev–Trinajstić information content (AvgIpc) is 2.60. The van der Waals surface area contributed by atoms with Gasteiger partial charge in [0.15, 0.2) is 0 Å². The molecular weight excluding hydrogens is 190 g/mol. The fraction of sp³-hybridized carbons (Fsp3) is 0.300. The van der Waals surface area contributed by atoms with Crippen molar-refractivity contribution in [1.29, 1.82) is 0 Å². The Kier molecular flexibility index (Phi) is 2.47. The van der Waals surface area contributed by atoms with Crippen LogP contribution in [0.2, 0.25) is 0 Å². The summed E-state index contributed by atoms with van der Waals surface area (Å²) in [5, 5.41) is 4.15. The first-order valence-electron chi connectivity index (χ1n) is 4.70. The molecule has 0 saturated carbocycles. The molecular formula is C10H13N5. The van der Waals surface area contributed by atoms with Crippen LogP contribution in [0.3, 0.4) is 0 Å². The number of nitrogens with zero attached hydrogens (tertiary/aromatic N) is 4. The zero-order valence-corrected chi connectivity index (χ0v) is 8.75. The number of nitrogens with two attached hydrogens (primary N) is 1. The normalized spacial score (nSPS) is 12.7. The Morgan fingerprint density at radius 2 is 2.13 bits per heavy atom. The lowest BCUT2D eigenvalue weighted by atomic mass is 10.1. The van der Waals surface area contributed by atoms with E-state index >= 15 is 0 Å². The Morgan fingerprint density at radius 3 is 2.67 bits per heavy atom. The van der Waals surface area contributed by atoms with Gasteiger partial charge in [-0.3, -0.25) is 14.6 Å². The molecule has 0 spiro atoms. The molecule has 0 bridgehead atoms. The maximum Gasteiger partial charge on any atom is 0.0800 e. The Hall–Kier alpha value is -1.75. The van der Waals surface area contributed by atoms with E-state index in [1.54, 1.807) is 29.5 Å². The molecule has 0 aliphatic rings. The van der Waals surface area contributed by atoms with Crippen LogP contribution in [0.4, 0.5) is 0 Å². The minimum atomic E-state index is -0.257. The zero-order valence-electron chi connectivity index (χ0n) is 8.75. The highest BCUT2D eigenvalue weighted by atomic mass is 15.3. The summed E-state index contributed by atoms with van der Waals surface area (Å²) >= 11 is 0. The quantitative estimate of drug-likeness (QED) is 0.774. The molecule has 0 fully saturated rings. The van der Waals surface area contributed by atoms with Crippen LogP contribution in [0, 0.1) is 6.92 Å². The molecule has 2 aromatic rings. The summed E-state index contributed by atoms with van der Waals surface area (Å²) in [4.78, 5) is 8.18. The van der Waals surface area contributed by atoms with Gasteiger partial charge in [0.05, 0.1) is 24.1 Å². The van der Waals surface area contributed by atoms with Gasteiger partial charge < -0.3 is 5.73 Å². The highest BCUT2D eigenvalue weighted by Gasteiger charge is 2.15. The molecule has 5 heteroatoms. The number of hydrogen-bond donors (Lipinski definition) is 1. The number of aromatic nitrogens is 4. The second kappa shape index (κ2) is 3.78. The maximum atomic E-state index is 6.07. The molecule has 1 atom stereocenters. The Labute approximate surface area is 88.0 Å². The van der Waals surface area contributed by atoms with Gasteiger partial charge in [0.2, 0.25) is 0 Å². The Bertz CT molecular complexity index is 448. The van der Waals surface area contributed by atoms with E-state index in [1.807, 2.05) is 14.0 Å². The monoisotopic (exact) mass is 203 g/mol. The molecule has 0 radical (unpaired) electrons. The summed E-state index contributed by atoms with van der Waals surface area (Å²) in [7, 11) is 1.89. The lowest BCUT2D eigenvalue weighted by Crippen LogP contribution is -2.14. The lowest BCUT2D eigenvalue weighted by molar-refractivity contribution is 0.731. The third-order valence-corrected chi connectivity index (χ3v) is 2.51. The van der Waals surface area contributed by atoms with Crippen LogP contribution in [0.25, 0.3) is 0 Å². The molecule has 5 nitrogen and oxygen atoms in total. The van der Waals surface area contributed by atoms with Gasteiger partial charge in [0, 0.05) is 30.7 Å². The van der Waals surface area contributed by atoms with Crippen molar-refractivity contribution >= 4 is 0 Å². The Balaban J connectivity index is 2.37. The molecule has 15 heavy (non-hydrogen) atoms. The number of hydrogen-bond acceptors (Lipinski definition) is 4. The van der Waals surface area contributed by atoms with Gasteiger partial charge in [0.1, 0.15) is 0 Å². The van der Waals surface area contributed by atoms with Crippen LogP contribution < -0.4 is 5.73 Å².